The fraction of sp³-hybridized carbons (Fsp3) is 0.417. The van der Waals surface area contributed by atoms with E-state index in [0.29, 0.717) is 12.1 Å². The quantitative estimate of drug-likeness (QED) is 0.809. The van der Waals surface area contributed by atoms with E-state index in [1.807, 2.05) is 0 Å². The van der Waals surface area contributed by atoms with Crippen LogP contribution in [0.4, 0.5) is 26.3 Å². The van der Waals surface area contributed by atoms with E-state index in [9.17, 15) is 31.1 Å². The molecule has 2 rings (SSSR count). The maximum absolute atomic E-state index is 12.7. The number of nitrogens with zero attached hydrogens (tertiary/aromatic N) is 1. The van der Waals surface area contributed by atoms with Crippen molar-refractivity contribution in [3.63, 3.8) is 0 Å². The van der Waals surface area contributed by atoms with Gasteiger partial charge in [-0.15, -0.1) is 0 Å². The van der Waals surface area contributed by atoms with Gasteiger partial charge in [-0.05, 0) is 30.8 Å². The number of amides is 1. The molecule has 1 aromatic rings. The van der Waals surface area contributed by atoms with Crippen LogP contribution >= 0.6 is 0 Å². The molecule has 1 aliphatic rings. The molecule has 1 N–H and O–H groups in total. The van der Waals surface area contributed by atoms with Crippen LogP contribution in [0.1, 0.15) is 22.9 Å². The minimum Gasteiger partial charge on any atom is -0.335 e. The number of benzene rings is 1. The van der Waals surface area contributed by atoms with Crippen LogP contribution in [0.15, 0.2) is 18.2 Å². The third-order valence-electron chi connectivity index (χ3n) is 3.06. The minimum absolute atomic E-state index is 0.0558. The molecule has 0 spiro atoms. The highest BCUT2D eigenvalue weighted by atomic mass is 19.4. The summed E-state index contributed by atoms with van der Waals surface area (Å²) in [6, 6.07) is 1.28. The van der Waals surface area contributed by atoms with Gasteiger partial charge in [-0.2, -0.15) is 26.3 Å². The molecule has 0 aromatic heterocycles. The average molecular weight is 312 g/mol. The van der Waals surface area contributed by atoms with Crippen LogP contribution in [0.25, 0.3) is 0 Å². The van der Waals surface area contributed by atoms with Crippen molar-refractivity contribution in [3.8, 4) is 0 Å². The largest absolute Gasteiger partial charge is 0.416 e. The van der Waals surface area contributed by atoms with Crippen molar-refractivity contribution in [1.82, 2.24) is 10.2 Å². The van der Waals surface area contributed by atoms with E-state index in [1.165, 1.54) is 11.9 Å². The summed E-state index contributed by atoms with van der Waals surface area (Å²) >= 11 is 0. The van der Waals surface area contributed by atoms with Crippen LogP contribution in [0.5, 0.6) is 0 Å². The first-order valence-electron chi connectivity index (χ1n) is 5.77. The third kappa shape index (κ3) is 3.29. The molecule has 1 aliphatic heterocycles. The molecule has 9 heteroatoms. The Morgan fingerprint density at radius 1 is 1.05 bits per heavy atom. The molecular formula is C12H10F6N2O. The molecular weight excluding hydrogens is 302 g/mol. The van der Waals surface area contributed by atoms with Gasteiger partial charge >= 0.3 is 12.4 Å². The molecule has 1 aromatic carbocycles. The highest BCUT2D eigenvalue weighted by Crippen LogP contribution is 2.38. The number of carbonyl (C=O) groups is 1. The van der Waals surface area contributed by atoms with Gasteiger partial charge in [0, 0.05) is 0 Å². The number of hydrogen-bond donors (Lipinski definition) is 1. The maximum Gasteiger partial charge on any atom is 0.416 e. The summed E-state index contributed by atoms with van der Waals surface area (Å²) in [6.07, 6.45) is -10.8. The second-order valence-corrected chi connectivity index (χ2v) is 4.72. The second-order valence-electron chi connectivity index (χ2n) is 4.72. The Bertz CT molecular complexity index is 534. The monoisotopic (exact) mass is 312 g/mol. The molecule has 3 nitrogen and oxygen atoms in total. The van der Waals surface area contributed by atoms with Crippen LogP contribution < -0.4 is 5.32 Å². The fourth-order valence-corrected chi connectivity index (χ4v) is 2.10. The van der Waals surface area contributed by atoms with Crippen molar-refractivity contribution in [3.05, 3.63) is 34.9 Å². The van der Waals surface area contributed by atoms with Crippen molar-refractivity contribution < 1.29 is 31.1 Å². The summed E-state index contributed by atoms with van der Waals surface area (Å²) in [5, 5.41) is 2.33. The van der Waals surface area contributed by atoms with Gasteiger partial charge < -0.3 is 5.32 Å². The van der Waals surface area contributed by atoms with Crippen LogP contribution in [0, 0.1) is 0 Å². The van der Waals surface area contributed by atoms with Crippen LogP contribution in [-0.4, -0.2) is 24.4 Å². The summed E-state index contributed by atoms with van der Waals surface area (Å²) in [5.41, 5.74) is -3.06. The lowest BCUT2D eigenvalue weighted by Crippen LogP contribution is -2.25. The SMILES string of the molecule is CN1CC(=O)N[C@@H]1c1cc(C(F)(F)F)cc(C(F)(F)F)c1. The molecule has 0 unspecified atom stereocenters. The van der Waals surface area contributed by atoms with Crippen molar-refractivity contribution >= 4 is 5.91 Å². The lowest BCUT2D eigenvalue weighted by Gasteiger charge is -2.21. The van der Waals surface area contributed by atoms with E-state index in [1.54, 1.807) is 0 Å². The predicted octanol–water partition coefficient (Wildman–Crippen LogP) is 2.78. The standard InChI is InChI=1S/C12H10F6N2O/c1-20-5-9(21)19-10(20)6-2-7(11(13,14)15)4-8(3-6)12(16,17)18/h2-4,10H,5H2,1H3,(H,19,21)/t10-/m0/s1. The van der Waals surface area contributed by atoms with Gasteiger partial charge in [-0.25, -0.2) is 0 Å². The first-order valence-corrected chi connectivity index (χ1v) is 5.77. The number of likely N-dealkylation sites (N-methyl/N-ethyl adjacent to an activating group) is 1. The molecule has 116 valence electrons. The van der Waals surface area contributed by atoms with Gasteiger partial charge in [0.1, 0.15) is 6.17 Å². The van der Waals surface area contributed by atoms with Crippen LogP contribution in [-0.2, 0) is 17.1 Å². The van der Waals surface area contributed by atoms with E-state index in [4.69, 9.17) is 0 Å². The Morgan fingerprint density at radius 2 is 1.52 bits per heavy atom. The smallest absolute Gasteiger partial charge is 0.335 e. The molecule has 1 amide bonds. The lowest BCUT2D eigenvalue weighted by atomic mass is 10.0. The Balaban J connectivity index is 2.53. The molecule has 1 atom stereocenters. The van der Waals surface area contributed by atoms with Crippen molar-refractivity contribution in [2.75, 3.05) is 13.6 Å². The molecule has 0 bridgehead atoms. The van der Waals surface area contributed by atoms with Gasteiger partial charge in [0.25, 0.3) is 0 Å². The Hall–Kier alpha value is -1.77. The number of nitrogens with one attached hydrogen (secondary N) is 1. The van der Waals surface area contributed by atoms with E-state index < -0.39 is 35.6 Å². The average Bonchev–Trinajstić information content (AvgIpc) is 2.65. The second kappa shape index (κ2) is 4.90. The highest BCUT2D eigenvalue weighted by Gasteiger charge is 2.38. The summed E-state index contributed by atoms with van der Waals surface area (Å²) in [4.78, 5) is 12.5. The first kappa shape index (κ1) is 15.6. The molecule has 1 fully saturated rings. The maximum atomic E-state index is 12.7. The first-order chi connectivity index (χ1) is 9.48. The molecule has 0 radical (unpaired) electrons. The van der Waals surface area contributed by atoms with E-state index >= 15 is 0 Å². The van der Waals surface area contributed by atoms with Gasteiger partial charge in [0.05, 0.1) is 17.7 Å². The predicted molar refractivity (Wildman–Crippen MR) is 60.0 cm³/mol. The summed E-state index contributed by atoms with van der Waals surface area (Å²) in [6.45, 7) is -0.0950. The Kier molecular flexibility index (Phi) is 3.64. The Morgan fingerprint density at radius 3 is 1.86 bits per heavy atom. The lowest BCUT2D eigenvalue weighted by molar-refractivity contribution is -0.143. The number of alkyl halides is 6. The number of rotatable bonds is 1. The van der Waals surface area contributed by atoms with Crippen molar-refractivity contribution in [1.29, 1.82) is 0 Å². The molecule has 1 saturated heterocycles. The fourth-order valence-electron chi connectivity index (χ4n) is 2.10. The van der Waals surface area contributed by atoms with Gasteiger partial charge in [0.2, 0.25) is 5.91 Å². The van der Waals surface area contributed by atoms with Crippen LogP contribution in [0.3, 0.4) is 0 Å². The number of carbonyl (C=O) groups excluding carboxylic acids is 1. The van der Waals surface area contributed by atoms with Crippen molar-refractivity contribution in [2.24, 2.45) is 0 Å². The summed E-state index contributed by atoms with van der Waals surface area (Å²) in [5.74, 6) is -0.464. The van der Waals surface area contributed by atoms with E-state index in [-0.39, 0.29) is 18.2 Å². The molecule has 1 heterocycles. The summed E-state index contributed by atoms with van der Waals surface area (Å²) < 4.78 is 76.4. The molecule has 0 aliphatic carbocycles. The zero-order valence-electron chi connectivity index (χ0n) is 10.6. The van der Waals surface area contributed by atoms with E-state index in [2.05, 4.69) is 5.32 Å². The van der Waals surface area contributed by atoms with Gasteiger partial charge in [-0.1, -0.05) is 0 Å². The topological polar surface area (TPSA) is 32.3 Å². The molecule has 0 saturated carbocycles. The van der Waals surface area contributed by atoms with Gasteiger partial charge in [0.15, 0.2) is 0 Å². The van der Waals surface area contributed by atoms with Crippen LogP contribution in [0.2, 0.25) is 0 Å². The molecule has 21 heavy (non-hydrogen) atoms. The summed E-state index contributed by atoms with van der Waals surface area (Å²) in [7, 11) is 1.43. The number of hydrogen-bond acceptors (Lipinski definition) is 2. The Labute approximate surface area is 115 Å². The third-order valence-corrected chi connectivity index (χ3v) is 3.06. The zero-order valence-corrected chi connectivity index (χ0v) is 10.6. The highest BCUT2D eigenvalue weighted by molar-refractivity contribution is 5.80. The normalized spacial score (nSPS) is 20.7. The van der Waals surface area contributed by atoms with Crippen molar-refractivity contribution in [2.45, 2.75) is 18.5 Å². The van der Waals surface area contributed by atoms with E-state index in [0.717, 1.165) is 0 Å². The van der Waals surface area contributed by atoms with Gasteiger partial charge in [-0.3, -0.25) is 9.69 Å². The minimum atomic E-state index is -4.91. The number of halogens is 6. The zero-order chi connectivity index (χ0) is 16.0.